The number of fused-ring (bicyclic) bond motifs is 6. The van der Waals surface area contributed by atoms with Crippen molar-refractivity contribution in [2.45, 2.75) is 169 Å². The molecule has 73 heavy (non-hydrogen) atoms. The van der Waals surface area contributed by atoms with Crippen LogP contribution in [-0.4, -0.2) is 137 Å². The van der Waals surface area contributed by atoms with Gasteiger partial charge in [0.05, 0.1) is 29.5 Å². The number of ether oxygens (including phenoxy) is 9. The van der Waals surface area contributed by atoms with E-state index in [1.807, 2.05) is 0 Å². The third-order valence-electron chi connectivity index (χ3n) is 17.5. The van der Waals surface area contributed by atoms with Crippen LogP contribution < -0.4 is 0 Å². The van der Waals surface area contributed by atoms with E-state index in [1.165, 1.54) is 0 Å². The van der Waals surface area contributed by atoms with Gasteiger partial charge in [0.15, 0.2) is 18.9 Å². The van der Waals surface area contributed by atoms with Crippen molar-refractivity contribution in [3.8, 4) is 0 Å². The number of hydrogen-bond acceptors (Lipinski definition) is 14. The highest BCUT2D eigenvalue weighted by Gasteiger charge is 2.63. The van der Waals surface area contributed by atoms with Crippen LogP contribution in [-0.2, 0) is 67.1 Å². The summed E-state index contributed by atoms with van der Waals surface area (Å²) in [6.07, 6.45) is 2.05. The number of hydrogen-bond donors (Lipinski definition) is 1. The summed E-state index contributed by atoms with van der Waals surface area (Å²) in [5.74, 6) is -24.4. The molecule has 3 aliphatic heterocycles. The molecule has 0 radical (unpaired) electrons. The van der Waals surface area contributed by atoms with Crippen LogP contribution in [0.1, 0.15) is 116 Å². The van der Waals surface area contributed by atoms with Crippen LogP contribution in [0.15, 0.2) is 0 Å². The molecular weight excluding hydrogens is 1030 g/mol. The van der Waals surface area contributed by atoms with Gasteiger partial charge in [0, 0.05) is 17.8 Å². The van der Waals surface area contributed by atoms with Crippen molar-refractivity contribution in [2.24, 2.45) is 51.8 Å². The maximum absolute atomic E-state index is 14.5. The van der Waals surface area contributed by atoms with Crippen molar-refractivity contribution >= 4 is 28.0 Å². The van der Waals surface area contributed by atoms with Crippen molar-refractivity contribution in [3.05, 3.63) is 0 Å². The first-order chi connectivity index (χ1) is 34.0. The van der Waals surface area contributed by atoms with E-state index < -0.39 is 155 Å². The van der Waals surface area contributed by atoms with E-state index in [0.717, 1.165) is 0 Å². The van der Waals surface area contributed by atoms with E-state index in [1.54, 1.807) is 0 Å². The third kappa shape index (κ3) is 10.9. The van der Waals surface area contributed by atoms with Gasteiger partial charge >= 0.3 is 57.0 Å². The maximum Gasteiger partial charge on any atom is 0.465 e. The van der Waals surface area contributed by atoms with E-state index in [2.05, 4.69) is 0 Å². The molecule has 9 aliphatic rings. The van der Waals surface area contributed by atoms with E-state index in [0.29, 0.717) is 83.5 Å². The van der Waals surface area contributed by atoms with Crippen molar-refractivity contribution < 1.29 is 114 Å². The molecule has 0 amide bonds. The molecule has 3 heterocycles. The van der Waals surface area contributed by atoms with Crippen molar-refractivity contribution in [2.75, 3.05) is 52.9 Å². The zero-order chi connectivity index (χ0) is 52.7. The fourth-order valence-electron chi connectivity index (χ4n) is 13.9. The minimum Gasteiger partial charge on any atom is -0.464 e. The maximum atomic E-state index is 14.5. The zero-order valence-electron chi connectivity index (χ0n) is 39.9. The van der Waals surface area contributed by atoms with Crippen LogP contribution in [0.4, 0.5) is 43.9 Å². The lowest BCUT2D eigenvalue weighted by atomic mass is 9.58. The minimum absolute atomic E-state index is 0.00109. The number of esters is 3. The Morgan fingerprint density at radius 1 is 0.521 bits per heavy atom. The van der Waals surface area contributed by atoms with E-state index in [4.69, 9.17) is 47.2 Å². The Kier molecular flexibility index (Phi) is 14.9. The Bertz CT molecular complexity index is 2050. The van der Waals surface area contributed by atoms with Gasteiger partial charge < -0.3 is 42.6 Å². The molecule has 0 aromatic heterocycles. The second kappa shape index (κ2) is 19.7. The predicted molar refractivity (Wildman–Crippen MR) is 225 cm³/mol. The van der Waals surface area contributed by atoms with Crippen LogP contribution >= 0.6 is 0 Å². The van der Waals surface area contributed by atoms with Gasteiger partial charge in [-0.2, -0.15) is 52.3 Å². The molecule has 15 nitrogen and oxygen atoms in total. The summed E-state index contributed by atoms with van der Waals surface area (Å²) in [4.78, 5) is 41.6. The summed E-state index contributed by atoms with van der Waals surface area (Å²) in [6, 6.07) is 0. The average Bonchev–Trinajstić information content (AvgIpc) is 3.49. The molecule has 0 aromatic carbocycles. The first kappa shape index (κ1) is 55.1. The van der Waals surface area contributed by atoms with Crippen LogP contribution in [0.3, 0.4) is 0 Å². The predicted octanol–water partition coefficient (Wildman–Crippen LogP) is 8.26. The topological polar surface area (TPSA) is 189 Å². The molecule has 0 aromatic rings. The van der Waals surface area contributed by atoms with Gasteiger partial charge in [0.2, 0.25) is 0 Å². The number of alkyl halides is 10. The Morgan fingerprint density at radius 2 is 0.877 bits per heavy atom. The van der Waals surface area contributed by atoms with E-state index in [9.17, 15) is 66.7 Å². The molecule has 9 fully saturated rings. The summed E-state index contributed by atoms with van der Waals surface area (Å²) < 4.78 is 226. The fourth-order valence-corrected chi connectivity index (χ4v) is 14.1. The largest absolute Gasteiger partial charge is 0.465 e. The second-order valence-electron chi connectivity index (χ2n) is 23.1. The molecule has 26 heteroatoms. The smallest absolute Gasteiger partial charge is 0.464 e. The molecule has 1 N–H and O–H groups in total. The Balaban J connectivity index is 0.921. The van der Waals surface area contributed by atoms with Gasteiger partial charge in [-0.1, -0.05) is 32.1 Å². The monoisotopic (exact) mass is 1090 g/mol. The molecule has 9 unspecified atom stereocenters. The van der Waals surface area contributed by atoms with E-state index in [-0.39, 0.29) is 63.1 Å². The Hall–Kier alpha value is -2.62. The van der Waals surface area contributed by atoms with Crippen LogP contribution in [0.5, 0.6) is 0 Å². The lowest BCUT2D eigenvalue weighted by molar-refractivity contribution is -0.279. The highest BCUT2D eigenvalue weighted by Crippen LogP contribution is 2.57. The van der Waals surface area contributed by atoms with Crippen LogP contribution in [0, 0.1) is 51.8 Å². The summed E-state index contributed by atoms with van der Waals surface area (Å²) >= 11 is 0. The molecule has 6 aliphatic carbocycles. The van der Waals surface area contributed by atoms with Crippen LogP contribution in [0.2, 0.25) is 0 Å². The second-order valence-corrected chi connectivity index (χ2v) is 24.5. The summed E-state index contributed by atoms with van der Waals surface area (Å²) in [6.45, 7) is -7.94. The third-order valence-corrected chi connectivity index (χ3v) is 18.3. The van der Waals surface area contributed by atoms with Gasteiger partial charge in [-0.05, 0) is 101 Å². The molecule has 9 atom stereocenters. The SMILES string of the molecule is O=C(OCC1(COC(=O)C23CCCC(CC(C4OCC(F)(F)C(F)(F)CO4)C2)C3)COC(C2CC3CCCC(OC(=O)C(F)(F)S(=O)(=O)O)(C3)C2)OC1)C12CCCC(CC(C3OCC(F)(F)C(F)(F)CO3)C1)C2. The van der Waals surface area contributed by atoms with Gasteiger partial charge in [0.1, 0.15) is 45.2 Å². The summed E-state index contributed by atoms with van der Waals surface area (Å²) in [5.41, 5.74) is -5.43. The van der Waals surface area contributed by atoms with Crippen molar-refractivity contribution in [1.82, 2.24) is 0 Å². The van der Waals surface area contributed by atoms with E-state index >= 15 is 0 Å². The highest BCUT2D eigenvalue weighted by atomic mass is 32.2. The molecule has 6 bridgehead atoms. The molecular formula is C47H62F10O15S. The van der Waals surface area contributed by atoms with Crippen molar-refractivity contribution in [1.29, 1.82) is 0 Å². The Labute approximate surface area is 414 Å². The Morgan fingerprint density at radius 3 is 1.27 bits per heavy atom. The molecule has 9 rings (SSSR count). The van der Waals surface area contributed by atoms with Gasteiger partial charge in [-0.3, -0.25) is 14.1 Å². The number of rotatable bonds is 12. The molecule has 0 spiro atoms. The van der Waals surface area contributed by atoms with Crippen LogP contribution in [0.25, 0.3) is 0 Å². The number of carbonyl (C=O) groups excluding carboxylic acids is 3. The summed E-state index contributed by atoms with van der Waals surface area (Å²) in [7, 11) is -6.16. The number of carbonyl (C=O) groups is 3. The first-order valence-corrected chi connectivity index (χ1v) is 26.6. The summed E-state index contributed by atoms with van der Waals surface area (Å²) in [5, 5.41) is -5.24. The molecule has 6 saturated carbocycles. The standard InChI is InChI=1S/C47H62F10O15S/c48-43(49)23-66-33(67-24-44(43,50)51)30-10-27-4-1-7-40(13-27,16-30)36(58)70-21-39(19-64-35(65-20-39)32-12-29-6-3-9-42(15-29,18-32)72-38(60)47(56,57)73(61,62)63)22-71-37(59)41-8-2-5-28(14-41)11-31(17-41)34-68-25-45(52,53)46(54,55)26-69-34/h27-35H,1-26H2,(H,61,62,63). The number of halogens is 10. The quantitative estimate of drug-likeness (QED) is 0.0851. The van der Waals surface area contributed by atoms with Gasteiger partial charge in [-0.25, -0.2) is 4.79 Å². The fraction of sp³-hybridized carbons (Fsp3) is 0.936. The van der Waals surface area contributed by atoms with Gasteiger partial charge in [-0.15, -0.1) is 0 Å². The first-order valence-electron chi connectivity index (χ1n) is 25.1. The normalized spacial score (nSPS) is 40.8. The lowest BCUT2D eigenvalue weighted by Crippen LogP contribution is -2.55. The lowest BCUT2D eigenvalue weighted by Gasteiger charge is -2.51. The van der Waals surface area contributed by atoms with Crippen molar-refractivity contribution in [3.63, 3.8) is 0 Å². The highest BCUT2D eigenvalue weighted by molar-refractivity contribution is 7.87. The molecule has 3 saturated heterocycles. The minimum atomic E-state index is -6.16. The zero-order valence-corrected chi connectivity index (χ0v) is 40.7. The molecule has 416 valence electrons. The average molecular weight is 1090 g/mol. The van der Waals surface area contributed by atoms with Gasteiger partial charge in [0.25, 0.3) is 0 Å².